The van der Waals surface area contributed by atoms with Gasteiger partial charge in [-0.05, 0) is 122 Å². The molecule has 0 fully saturated rings. The van der Waals surface area contributed by atoms with Gasteiger partial charge in [-0.25, -0.2) is 0 Å². The van der Waals surface area contributed by atoms with Crippen molar-refractivity contribution in [2.24, 2.45) is 0 Å². The third-order valence-corrected chi connectivity index (χ3v) is 12.4. The van der Waals surface area contributed by atoms with E-state index in [1.165, 1.54) is 54.6 Å². The Bertz CT molecular complexity index is 3670. The molecule has 10 aromatic carbocycles. The summed E-state index contributed by atoms with van der Waals surface area (Å²) in [7, 11) is 0. The second-order valence-electron chi connectivity index (χ2n) is 15.6. The maximum absolute atomic E-state index is 6.27. The Kier molecular flexibility index (Phi) is 6.72. The van der Waals surface area contributed by atoms with Gasteiger partial charge < -0.3 is 13.4 Å². The number of rotatable bonds is 4. The molecular formula is C56H33NO2. The van der Waals surface area contributed by atoms with Crippen molar-refractivity contribution in [3.05, 3.63) is 200 Å². The van der Waals surface area contributed by atoms with Gasteiger partial charge in [-0.2, -0.15) is 0 Å². The minimum atomic E-state index is 0.894. The predicted molar refractivity (Wildman–Crippen MR) is 247 cm³/mol. The van der Waals surface area contributed by atoms with Gasteiger partial charge in [0.15, 0.2) is 0 Å². The standard InChI is InChI=1S/C56H33NO2/c1-2-12-39-35(11-1)31-46(43-14-4-3-13-42(39)43)34-23-27-38(28-24-34)57-49-19-9-17-40(36-25-29-53-47(32-36)44-15-5-7-21-51(44)58-53)55(49)56-41(18-10-20-50(56)57)37-26-30-54-48(33-37)45-16-6-8-22-52(45)59-54/h1-33H. The third kappa shape index (κ3) is 4.76. The molecule has 0 saturated heterocycles. The Morgan fingerprint density at radius 2 is 0.763 bits per heavy atom. The number of hydrogen-bond acceptors (Lipinski definition) is 2. The normalized spacial score (nSPS) is 12.1. The van der Waals surface area contributed by atoms with Crippen LogP contribution >= 0.6 is 0 Å². The second kappa shape index (κ2) is 12.3. The molecule has 0 aliphatic heterocycles. The molecular weight excluding hydrogens is 719 g/mol. The average molecular weight is 752 g/mol. The zero-order valence-electron chi connectivity index (χ0n) is 31.8. The lowest BCUT2D eigenvalue weighted by Crippen LogP contribution is -1.94. The highest BCUT2D eigenvalue weighted by Gasteiger charge is 2.21. The van der Waals surface area contributed by atoms with E-state index in [0.717, 1.165) is 71.7 Å². The van der Waals surface area contributed by atoms with Gasteiger partial charge in [-0.1, -0.05) is 133 Å². The summed E-state index contributed by atoms with van der Waals surface area (Å²) in [6.07, 6.45) is 0. The smallest absolute Gasteiger partial charge is 0.135 e. The molecule has 274 valence electrons. The van der Waals surface area contributed by atoms with Crippen LogP contribution in [-0.4, -0.2) is 4.57 Å². The van der Waals surface area contributed by atoms with Crippen molar-refractivity contribution in [2.75, 3.05) is 0 Å². The highest BCUT2D eigenvalue weighted by molar-refractivity contribution is 6.22. The van der Waals surface area contributed by atoms with Gasteiger partial charge in [0.2, 0.25) is 0 Å². The minimum absolute atomic E-state index is 0.894. The molecule has 0 N–H and O–H groups in total. The van der Waals surface area contributed by atoms with Crippen LogP contribution in [0.3, 0.4) is 0 Å². The number of benzene rings is 10. The van der Waals surface area contributed by atoms with Crippen LogP contribution in [0.4, 0.5) is 0 Å². The van der Waals surface area contributed by atoms with Crippen LogP contribution in [0.5, 0.6) is 0 Å². The molecule has 0 unspecified atom stereocenters. The summed E-state index contributed by atoms with van der Waals surface area (Å²) in [5, 5.41) is 12.0. The van der Waals surface area contributed by atoms with Crippen molar-refractivity contribution < 1.29 is 8.83 Å². The largest absolute Gasteiger partial charge is 0.456 e. The van der Waals surface area contributed by atoms with E-state index < -0.39 is 0 Å². The van der Waals surface area contributed by atoms with Crippen LogP contribution in [-0.2, 0) is 0 Å². The van der Waals surface area contributed by atoms with Gasteiger partial charge in [0.1, 0.15) is 22.3 Å². The molecule has 0 saturated carbocycles. The zero-order chi connectivity index (χ0) is 38.6. The first-order valence-corrected chi connectivity index (χ1v) is 20.2. The molecule has 3 heteroatoms. The number of hydrogen-bond donors (Lipinski definition) is 0. The summed E-state index contributed by atoms with van der Waals surface area (Å²) < 4.78 is 15.0. The molecule has 0 radical (unpaired) electrons. The highest BCUT2D eigenvalue weighted by atomic mass is 16.3. The molecule has 0 aliphatic carbocycles. The topological polar surface area (TPSA) is 31.2 Å². The van der Waals surface area contributed by atoms with E-state index in [1.54, 1.807) is 0 Å². The minimum Gasteiger partial charge on any atom is -0.456 e. The number of nitrogens with zero attached hydrogens (tertiary/aromatic N) is 1. The summed E-state index contributed by atoms with van der Waals surface area (Å²) in [6, 6.07) is 72.3. The molecule has 0 amide bonds. The first-order chi connectivity index (χ1) is 29.2. The molecule has 59 heavy (non-hydrogen) atoms. The van der Waals surface area contributed by atoms with Crippen LogP contribution in [0, 0.1) is 0 Å². The summed E-state index contributed by atoms with van der Waals surface area (Å²) in [6.45, 7) is 0. The van der Waals surface area contributed by atoms with Gasteiger partial charge in [-0.3, -0.25) is 0 Å². The Morgan fingerprint density at radius 3 is 1.36 bits per heavy atom. The summed E-state index contributed by atoms with van der Waals surface area (Å²) in [5.74, 6) is 0. The van der Waals surface area contributed by atoms with E-state index in [2.05, 4.69) is 180 Å². The quantitative estimate of drug-likeness (QED) is 0.168. The molecule has 13 aromatic rings. The molecule has 0 bridgehead atoms. The molecule has 13 rings (SSSR count). The van der Waals surface area contributed by atoms with Gasteiger partial charge in [0.05, 0.1) is 11.0 Å². The van der Waals surface area contributed by atoms with E-state index >= 15 is 0 Å². The Morgan fingerprint density at radius 1 is 0.288 bits per heavy atom. The van der Waals surface area contributed by atoms with E-state index in [4.69, 9.17) is 8.83 Å². The summed E-state index contributed by atoms with van der Waals surface area (Å²) >= 11 is 0. The molecule has 3 nitrogen and oxygen atoms in total. The fourth-order valence-electron chi connectivity index (χ4n) is 9.74. The van der Waals surface area contributed by atoms with Crippen LogP contribution in [0.1, 0.15) is 0 Å². The maximum Gasteiger partial charge on any atom is 0.135 e. The highest BCUT2D eigenvalue weighted by Crippen LogP contribution is 2.45. The Balaban J connectivity index is 1.07. The van der Waals surface area contributed by atoms with Gasteiger partial charge in [0, 0.05) is 38.0 Å². The predicted octanol–water partition coefficient (Wildman–Crippen LogP) is 15.9. The van der Waals surface area contributed by atoms with Crippen molar-refractivity contribution in [2.45, 2.75) is 0 Å². The molecule has 0 atom stereocenters. The van der Waals surface area contributed by atoms with Gasteiger partial charge in [-0.15, -0.1) is 0 Å². The van der Waals surface area contributed by atoms with Crippen LogP contribution in [0.2, 0.25) is 0 Å². The average Bonchev–Trinajstić information content (AvgIpc) is 3.98. The van der Waals surface area contributed by atoms with E-state index in [0.29, 0.717) is 0 Å². The first-order valence-electron chi connectivity index (χ1n) is 20.2. The van der Waals surface area contributed by atoms with E-state index in [-0.39, 0.29) is 0 Å². The SMILES string of the molecule is c1ccc2c(c1)cc(-c1ccc(-n3c4cccc(-c5ccc6oc7ccccc7c6c5)c4c4c(-c5ccc6oc7ccccc7c6c5)cccc43)cc1)c1ccccc12. The lowest BCUT2D eigenvalue weighted by molar-refractivity contribution is 0.668. The van der Waals surface area contributed by atoms with E-state index in [1.807, 2.05) is 24.3 Å². The van der Waals surface area contributed by atoms with Crippen LogP contribution in [0.15, 0.2) is 209 Å². The van der Waals surface area contributed by atoms with Crippen molar-refractivity contribution in [1.29, 1.82) is 0 Å². The summed E-state index contributed by atoms with van der Waals surface area (Å²) in [5.41, 5.74) is 14.1. The molecule has 3 aromatic heterocycles. The van der Waals surface area contributed by atoms with Crippen molar-refractivity contribution >= 4 is 87.2 Å². The Hall–Kier alpha value is -7.88. The maximum atomic E-state index is 6.27. The molecule has 0 spiro atoms. The second-order valence-corrected chi connectivity index (χ2v) is 15.6. The van der Waals surface area contributed by atoms with Crippen molar-refractivity contribution in [3.63, 3.8) is 0 Å². The third-order valence-electron chi connectivity index (χ3n) is 12.4. The lowest BCUT2D eigenvalue weighted by Gasteiger charge is -2.13. The Labute approximate surface area is 338 Å². The fraction of sp³-hybridized carbons (Fsp3) is 0. The number of fused-ring (bicyclic) bond motifs is 12. The van der Waals surface area contributed by atoms with Crippen LogP contribution in [0.25, 0.3) is 126 Å². The fourth-order valence-corrected chi connectivity index (χ4v) is 9.74. The number of furan rings is 2. The zero-order valence-corrected chi connectivity index (χ0v) is 31.8. The lowest BCUT2D eigenvalue weighted by atomic mass is 9.93. The van der Waals surface area contributed by atoms with Gasteiger partial charge in [0.25, 0.3) is 0 Å². The first kappa shape index (κ1) is 32.2. The van der Waals surface area contributed by atoms with Gasteiger partial charge >= 0.3 is 0 Å². The van der Waals surface area contributed by atoms with E-state index in [9.17, 15) is 0 Å². The van der Waals surface area contributed by atoms with Crippen LogP contribution < -0.4 is 0 Å². The number of para-hydroxylation sites is 2. The summed E-state index contributed by atoms with van der Waals surface area (Å²) in [4.78, 5) is 0. The van der Waals surface area contributed by atoms with Crippen molar-refractivity contribution in [1.82, 2.24) is 4.57 Å². The molecule has 0 aliphatic rings. The monoisotopic (exact) mass is 751 g/mol. The molecule has 3 heterocycles. The van der Waals surface area contributed by atoms with Crippen molar-refractivity contribution in [3.8, 4) is 39.1 Å². The number of aromatic nitrogens is 1.